The molecule has 0 aromatic rings. The van der Waals surface area contributed by atoms with Gasteiger partial charge in [0.1, 0.15) is 6.04 Å². The summed E-state index contributed by atoms with van der Waals surface area (Å²) in [4.78, 5) is 24.3. The standard InChI is InChI=1S/C14H27N3O2/c1-5-14(6-8-15-9-7-14)13(19)17-11(4)12(18)16-10(2)3/h10-11,15H,5-9H2,1-4H3,(H,16,18)(H,17,19). The molecule has 0 spiro atoms. The predicted molar refractivity (Wildman–Crippen MR) is 75.7 cm³/mol. The zero-order valence-electron chi connectivity index (χ0n) is 12.5. The van der Waals surface area contributed by atoms with Gasteiger partial charge in [0, 0.05) is 6.04 Å². The van der Waals surface area contributed by atoms with E-state index in [9.17, 15) is 9.59 Å². The molecule has 19 heavy (non-hydrogen) atoms. The maximum atomic E-state index is 12.4. The summed E-state index contributed by atoms with van der Waals surface area (Å²) in [6, 6.07) is -0.390. The van der Waals surface area contributed by atoms with E-state index in [0.29, 0.717) is 0 Å². The minimum atomic E-state index is -0.479. The number of piperidine rings is 1. The SMILES string of the molecule is CCC1(C(=O)NC(C)C(=O)NC(C)C)CCNCC1. The van der Waals surface area contributed by atoms with Gasteiger partial charge in [-0.15, -0.1) is 0 Å². The smallest absolute Gasteiger partial charge is 0.242 e. The van der Waals surface area contributed by atoms with E-state index in [-0.39, 0.29) is 23.3 Å². The van der Waals surface area contributed by atoms with Crippen LogP contribution in [0.5, 0.6) is 0 Å². The second-order valence-corrected chi connectivity index (χ2v) is 5.74. The van der Waals surface area contributed by atoms with Crippen molar-refractivity contribution in [1.82, 2.24) is 16.0 Å². The third-order valence-corrected chi connectivity index (χ3v) is 3.89. The van der Waals surface area contributed by atoms with Crippen LogP contribution in [0.3, 0.4) is 0 Å². The molecule has 0 radical (unpaired) electrons. The predicted octanol–water partition coefficient (Wildman–Crippen LogP) is 0.795. The Balaban J connectivity index is 2.59. The van der Waals surface area contributed by atoms with E-state index in [4.69, 9.17) is 0 Å². The van der Waals surface area contributed by atoms with Crippen LogP contribution in [0, 0.1) is 5.41 Å². The highest BCUT2D eigenvalue weighted by atomic mass is 16.2. The fourth-order valence-corrected chi connectivity index (χ4v) is 2.47. The molecular formula is C14H27N3O2. The minimum Gasteiger partial charge on any atom is -0.352 e. The van der Waals surface area contributed by atoms with Gasteiger partial charge in [-0.05, 0) is 53.1 Å². The van der Waals surface area contributed by atoms with E-state index in [1.54, 1.807) is 6.92 Å². The summed E-state index contributed by atoms with van der Waals surface area (Å²) in [6.07, 6.45) is 2.50. The van der Waals surface area contributed by atoms with Gasteiger partial charge >= 0.3 is 0 Å². The van der Waals surface area contributed by atoms with Crippen LogP contribution in [0.25, 0.3) is 0 Å². The average molecular weight is 269 g/mol. The number of hydrogen-bond donors (Lipinski definition) is 3. The minimum absolute atomic E-state index is 0.0166. The summed E-state index contributed by atoms with van der Waals surface area (Å²) in [5, 5.41) is 8.95. The van der Waals surface area contributed by atoms with Gasteiger partial charge in [-0.2, -0.15) is 0 Å². The summed E-state index contributed by atoms with van der Waals surface area (Å²) >= 11 is 0. The lowest BCUT2D eigenvalue weighted by atomic mass is 9.75. The Labute approximate surface area is 115 Å². The van der Waals surface area contributed by atoms with Crippen molar-refractivity contribution >= 4 is 11.8 Å². The van der Waals surface area contributed by atoms with Crippen LogP contribution in [0.1, 0.15) is 47.0 Å². The molecule has 2 amide bonds. The molecule has 0 aromatic carbocycles. The Kier molecular flexibility index (Phi) is 5.79. The van der Waals surface area contributed by atoms with Crippen molar-refractivity contribution in [3.63, 3.8) is 0 Å². The summed E-state index contributed by atoms with van der Waals surface area (Å²) in [7, 11) is 0. The largest absolute Gasteiger partial charge is 0.352 e. The quantitative estimate of drug-likeness (QED) is 0.691. The van der Waals surface area contributed by atoms with Crippen LogP contribution in [0.4, 0.5) is 0 Å². The highest BCUT2D eigenvalue weighted by Gasteiger charge is 2.38. The first-order chi connectivity index (χ1) is 8.91. The Morgan fingerprint density at radius 2 is 1.74 bits per heavy atom. The molecule has 1 rings (SSSR count). The number of carbonyl (C=O) groups is 2. The number of nitrogens with one attached hydrogen (secondary N) is 3. The van der Waals surface area contributed by atoms with Crippen LogP contribution < -0.4 is 16.0 Å². The Morgan fingerprint density at radius 1 is 1.16 bits per heavy atom. The van der Waals surface area contributed by atoms with E-state index in [1.165, 1.54) is 0 Å². The first-order valence-corrected chi connectivity index (χ1v) is 7.23. The van der Waals surface area contributed by atoms with Gasteiger partial charge in [-0.1, -0.05) is 6.92 Å². The van der Waals surface area contributed by atoms with E-state index >= 15 is 0 Å². The molecule has 1 unspecified atom stereocenters. The zero-order chi connectivity index (χ0) is 14.5. The van der Waals surface area contributed by atoms with E-state index < -0.39 is 6.04 Å². The summed E-state index contributed by atoms with van der Waals surface area (Å²) in [6.45, 7) is 9.34. The van der Waals surface area contributed by atoms with Crippen LogP contribution in [-0.2, 0) is 9.59 Å². The van der Waals surface area contributed by atoms with Crippen LogP contribution >= 0.6 is 0 Å². The molecule has 1 aliphatic heterocycles. The van der Waals surface area contributed by atoms with Crippen molar-refractivity contribution in [3.05, 3.63) is 0 Å². The van der Waals surface area contributed by atoms with Crippen LogP contribution in [-0.4, -0.2) is 37.0 Å². The highest BCUT2D eigenvalue weighted by Crippen LogP contribution is 2.32. The van der Waals surface area contributed by atoms with Crippen molar-refractivity contribution < 1.29 is 9.59 Å². The maximum absolute atomic E-state index is 12.4. The van der Waals surface area contributed by atoms with Crippen LogP contribution in [0.15, 0.2) is 0 Å². The average Bonchev–Trinajstić information content (AvgIpc) is 2.38. The molecule has 5 nitrogen and oxygen atoms in total. The molecular weight excluding hydrogens is 242 g/mol. The molecule has 1 saturated heterocycles. The second-order valence-electron chi connectivity index (χ2n) is 5.74. The van der Waals surface area contributed by atoms with E-state index in [1.807, 2.05) is 20.8 Å². The summed E-state index contributed by atoms with van der Waals surface area (Å²) < 4.78 is 0. The van der Waals surface area contributed by atoms with Crippen molar-refractivity contribution in [2.45, 2.75) is 59.0 Å². The summed E-state index contributed by atoms with van der Waals surface area (Å²) in [5.41, 5.74) is -0.308. The highest BCUT2D eigenvalue weighted by molar-refractivity contribution is 5.90. The number of carbonyl (C=O) groups excluding carboxylic acids is 2. The van der Waals surface area contributed by atoms with E-state index in [0.717, 1.165) is 32.4 Å². The van der Waals surface area contributed by atoms with E-state index in [2.05, 4.69) is 16.0 Å². The Hall–Kier alpha value is -1.10. The molecule has 1 fully saturated rings. The summed E-state index contributed by atoms with van der Waals surface area (Å²) in [5.74, 6) is -0.105. The molecule has 1 aliphatic rings. The molecule has 0 aromatic heterocycles. The lowest BCUT2D eigenvalue weighted by molar-refractivity contribution is -0.136. The Bertz CT molecular complexity index is 323. The number of amides is 2. The van der Waals surface area contributed by atoms with Gasteiger partial charge in [0.05, 0.1) is 5.41 Å². The third kappa shape index (κ3) is 4.20. The molecule has 1 heterocycles. The molecule has 1 atom stereocenters. The van der Waals surface area contributed by atoms with Crippen LogP contribution in [0.2, 0.25) is 0 Å². The second kappa shape index (κ2) is 6.89. The molecule has 5 heteroatoms. The van der Waals surface area contributed by atoms with Crippen molar-refractivity contribution in [2.24, 2.45) is 5.41 Å². The topological polar surface area (TPSA) is 70.2 Å². The third-order valence-electron chi connectivity index (χ3n) is 3.89. The van der Waals surface area contributed by atoms with Gasteiger partial charge in [0.15, 0.2) is 0 Å². The number of rotatable bonds is 5. The normalized spacial score (nSPS) is 19.8. The van der Waals surface area contributed by atoms with Gasteiger partial charge < -0.3 is 16.0 Å². The fraction of sp³-hybridized carbons (Fsp3) is 0.857. The van der Waals surface area contributed by atoms with Crippen molar-refractivity contribution in [3.8, 4) is 0 Å². The van der Waals surface area contributed by atoms with Gasteiger partial charge in [0.2, 0.25) is 11.8 Å². The first kappa shape index (κ1) is 16.0. The Morgan fingerprint density at radius 3 is 2.21 bits per heavy atom. The van der Waals surface area contributed by atoms with Gasteiger partial charge in [-0.25, -0.2) is 0 Å². The number of hydrogen-bond acceptors (Lipinski definition) is 3. The molecule has 110 valence electrons. The lowest BCUT2D eigenvalue weighted by Gasteiger charge is -2.36. The monoisotopic (exact) mass is 269 g/mol. The molecule has 0 bridgehead atoms. The molecule has 3 N–H and O–H groups in total. The molecule has 0 saturated carbocycles. The van der Waals surface area contributed by atoms with Gasteiger partial charge in [0.25, 0.3) is 0 Å². The zero-order valence-corrected chi connectivity index (χ0v) is 12.5. The lowest BCUT2D eigenvalue weighted by Crippen LogP contribution is -2.53. The fourth-order valence-electron chi connectivity index (χ4n) is 2.47. The molecule has 0 aliphatic carbocycles. The van der Waals surface area contributed by atoms with Crippen molar-refractivity contribution in [2.75, 3.05) is 13.1 Å². The maximum Gasteiger partial charge on any atom is 0.242 e. The van der Waals surface area contributed by atoms with Gasteiger partial charge in [-0.3, -0.25) is 9.59 Å². The van der Waals surface area contributed by atoms with Crippen molar-refractivity contribution in [1.29, 1.82) is 0 Å². The first-order valence-electron chi connectivity index (χ1n) is 7.23.